The van der Waals surface area contributed by atoms with E-state index in [1.807, 2.05) is 0 Å². The summed E-state index contributed by atoms with van der Waals surface area (Å²) < 4.78 is -1.15. The fourth-order valence-corrected chi connectivity index (χ4v) is 1.32. The average molecular weight is 221 g/mol. The first-order valence-electron chi connectivity index (χ1n) is 3.88. The predicted molar refractivity (Wildman–Crippen MR) is 53.4 cm³/mol. The van der Waals surface area contributed by atoms with E-state index in [0.29, 0.717) is 12.0 Å². The molecule has 0 radical (unpaired) electrons. The van der Waals surface area contributed by atoms with E-state index in [2.05, 4.69) is 0 Å². The minimum atomic E-state index is -1.15. The highest BCUT2D eigenvalue weighted by Gasteiger charge is 2.28. The van der Waals surface area contributed by atoms with Gasteiger partial charge in [0, 0.05) is 5.56 Å². The molecule has 0 saturated carbocycles. The summed E-state index contributed by atoms with van der Waals surface area (Å²) in [5, 5.41) is 18.6. The van der Waals surface area contributed by atoms with Crippen molar-refractivity contribution >= 4 is 23.2 Å². The second kappa shape index (κ2) is 3.64. The first kappa shape index (κ1) is 10.5. The number of halogens is 2. The highest BCUT2D eigenvalue weighted by Crippen LogP contribution is 2.44. The Bertz CT molecular complexity index is 310. The van der Waals surface area contributed by atoms with Crippen LogP contribution in [0.3, 0.4) is 0 Å². The largest absolute Gasteiger partial charge is 0.504 e. The normalized spacial score (nSPS) is 11.6. The topological polar surface area (TPSA) is 40.5 Å². The molecule has 4 heteroatoms. The maximum Gasteiger partial charge on any atom is 0.163 e. The van der Waals surface area contributed by atoms with Crippen LogP contribution in [0.4, 0.5) is 0 Å². The molecule has 0 atom stereocenters. The molecule has 1 aromatic rings. The number of hydrogen-bond donors (Lipinski definition) is 2. The number of alkyl halides is 2. The number of rotatable bonds is 2. The van der Waals surface area contributed by atoms with Gasteiger partial charge in [-0.2, -0.15) is 0 Å². The van der Waals surface area contributed by atoms with Crippen LogP contribution < -0.4 is 0 Å². The summed E-state index contributed by atoms with van der Waals surface area (Å²) in [6.07, 6.45) is 0.452. The lowest BCUT2D eigenvalue weighted by molar-refractivity contribution is 0.397. The molecule has 0 unspecified atom stereocenters. The molecule has 0 spiro atoms. The highest BCUT2D eigenvalue weighted by molar-refractivity contribution is 6.48. The zero-order chi connectivity index (χ0) is 10.1. The minimum absolute atomic E-state index is 0.211. The van der Waals surface area contributed by atoms with Gasteiger partial charge in [-0.15, -0.1) is 0 Å². The third-order valence-electron chi connectivity index (χ3n) is 1.85. The molecule has 0 aliphatic heterocycles. The Hall–Kier alpha value is -0.600. The smallest absolute Gasteiger partial charge is 0.163 e. The second-order valence-corrected chi connectivity index (χ2v) is 4.22. The van der Waals surface area contributed by atoms with Gasteiger partial charge in [-0.1, -0.05) is 42.3 Å². The van der Waals surface area contributed by atoms with Gasteiger partial charge in [0.25, 0.3) is 0 Å². The van der Waals surface area contributed by atoms with Crippen molar-refractivity contribution in [3.8, 4) is 11.5 Å². The second-order valence-electron chi connectivity index (χ2n) is 2.73. The fraction of sp³-hybridized carbons (Fsp3) is 0.333. The molecule has 0 heterocycles. The predicted octanol–water partition coefficient (Wildman–Crippen LogP) is 3.14. The maximum absolute atomic E-state index is 9.45. The van der Waals surface area contributed by atoms with Crippen LogP contribution in [0.15, 0.2) is 18.2 Å². The van der Waals surface area contributed by atoms with Gasteiger partial charge in [0.05, 0.1) is 0 Å². The van der Waals surface area contributed by atoms with Gasteiger partial charge in [0.1, 0.15) is 4.33 Å². The van der Waals surface area contributed by atoms with E-state index in [1.54, 1.807) is 19.1 Å². The molecule has 13 heavy (non-hydrogen) atoms. The molecule has 0 fully saturated rings. The number of benzene rings is 1. The lowest BCUT2D eigenvalue weighted by Crippen LogP contribution is -2.08. The number of hydrogen-bond acceptors (Lipinski definition) is 2. The van der Waals surface area contributed by atoms with Gasteiger partial charge in [0.15, 0.2) is 11.5 Å². The molecule has 0 aromatic heterocycles. The highest BCUT2D eigenvalue weighted by atomic mass is 35.5. The van der Waals surface area contributed by atoms with Gasteiger partial charge in [-0.05, 0) is 12.5 Å². The fourth-order valence-electron chi connectivity index (χ4n) is 1.02. The van der Waals surface area contributed by atoms with Crippen LogP contribution in [0.1, 0.15) is 18.9 Å². The van der Waals surface area contributed by atoms with Crippen molar-refractivity contribution in [1.82, 2.24) is 0 Å². The molecular weight excluding hydrogens is 211 g/mol. The third kappa shape index (κ3) is 2.01. The van der Waals surface area contributed by atoms with E-state index in [1.165, 1.54) is 6.07 Å². The van der Waals surface area contributed by atoms with Crippen molar-refractivity contribution in [2.24, 2.45) is 0 Å². The average Bonchev–Trinajstić information content (AvgIpc) is 2.09. The van der Waals surface area contributed by atoms with Crippen molar-refractivity contribution in [2.45, 2.75) is 17.7 Å². The molecule has 2 nitrogen and oxygen atoms in total. The molecule has 0 aliphatic carbocycles. The molecule has 0 saturated heterocycles. The Labute approximate surface area is 86.7 Å². The van der Waals surface area contributed by atoms with Gasteiger partial charge in [-0.25, -0.2) is 0 Å². The molecule has 0 aliphatic rings. The van der Waals surface area contributed by atoms with Crippen LogP contribution in [0.5, 0.6) is 11.5 Å². The Morgan fingerprint density at radius 3 is 2.46 bits per heavy atom. The zero-order valence-electron chi connectivity index (χ0n) is 7.09. The summed E-state index contributed by atoms with van der Waals surface area (Å²) in [6.45, 7) is 1.80. The van der Waals surface area contributed by atoms with Crippen molar-refractivity contribution in [3.63, 3.8) is 0 Å². The van der Waals surface area contributed by atoms with Crippen LogP contribution in [-0.4, -0.2) is 10.2 Å². The van der Waals surface area contributed by atoms with Crippen molar-refractivity contribution in [2.75, 3.05) is 0 Å². The summed E-state index contributed by atoms with van der Waals surface area (Å²) in [5.74, 6) is -0.467. The van der Waals surface area contributed by atoms with Gasteiger partial charge < -0.3 is 10.2 Å². The lowest BCUT2D eigenvalue weighted by Gasteiger charge is -2.19. The summed E-state index contributed by atoms with van der Waals surface area (Å²) in [4.78, 5) is 0. The summed E-state index contributed by atoms with van der Waals surface area (Å²) in [6, 6.07) is 4.54. The number of aromatic hydroxyl groups is 2. The molecule has 1 aromatic carbocycles. The standard InChI is InChI=1S/C9H10Cl2O2/c1-2-9(10,11)6-4-3-5-7(12)8(6)13/h3-5,12-13H,2H2,1H3. The molecule has 1 rings (SSSR count). The molecule has 2 N–H and O–H groups in total. The van der Waals surface area contributed by atoms with E-state index in [9.17, 15) is 10.2 Å². The van der Waals surface area contributed by atoms with Crippen LogP contribution in [0.25, 0.3) is 0 Å². The quantitative estimate of drug-likeness (QED) is 0.594. The van der Waals surface area contributed by atoms with Crippen LogP contribution in [0, 0.1) is 0 Å². The SMILES string of the molecule is CCC(Cl)(Cl)c1cccc(O)c1O. The van der Waals surface area contributed by atoms with Crippen LogP contribution in [0.2, 0.25) is 0 Å². The Kier molecular flexibility index (Phi) is 2.94. The van der Waals surface area contributed by atoms with Gasteiger partial charge >= 0.3 is 0 Å². The van der Waals surface area contributed by atoms with E-state index >= 15 is 0 Å². The van der Waals surface area contributed by atoms with Crippen molar-refractivity contribution in [3.05, 3.63) is 23.8 Å². The van der Waals surface area contributed by atoms with E-state index in [0.717, 1.165) is 0 Å². The van der Waals surface area contributed by atoms with Crippen LogP contribution in [-0.2, 0) is 4.33 Å². The minimum Gasteiger partial charge on any atom is -0.504 e. The Balaban J connectivity index is 3.22. The van der Waals surface area contributed by atoms with E-state index in [-0.39, 0.29) is 11.5 Å². The monoisotopic (exact) mass is 220 g/mol. The Morgan fingerprint density at radius 1 is 1.31 bits per heavy atom. The van der Waals surface area contributed by atoms with Crippen LogP contribution >= 0.6 is 23.2 Å². The molecule has 0 bridgehead atoms. The maximum atomic E-state index is 9.45. The number of phenolic OH excluding ortho intramolecular Hbond substituents is 2. The van der Waals surface area contributed by atoms with Crippen molar-refractivity contribution in [1.29, 1.82) is 0 Å². The summed E-state index contributed by atoms with van der Waals surface area (Å²) >= 11 is 11.8. The van der Waals surface area contributed by atoms with Crippen molar-refractivity contribution < 1.29 is 10.2 Å². The first-order valence-corrected chi connectivity index (χ1v) is 4.64. The lowest BCUT2D eigenvalue weighted by atomic mass is 10.1. The third-order valence-corrected chi connectivity index (χ3v) is 2.79. The molecular formula is C9H10Cl2O2. The molecule has 72 valence electrons. The Morgan fingerprint density at radius 2 is 1.92 bits per heavy atom. The van der Waals surface area contributed by atoms with Gasteiger partial charge in [-0.3, -0.25) is 0 Å². The van der Waals surface area contributed by atoms with Gasteiger partial charge in [0.2, 0.25) is 0 Å². The summed E-state index contributed by atoms with van der Waals surface area (Å²) in [5.41, 5.74) is 0.332. The van der Waals surface area contributed by atoms with E-state index in [4.69, 9.17) is 23.2 Å². The molecule has 0 amide bonds. The summed E-state index contributed by atoms with van der Waals surface area (Å²) in [7, 11) is 0. The number of para-hydroxylation sites is 1. The zero-order valence-corrected chi connectivity index (χ0v) is 8.60. The van der Waals surface area contributed by atoms with E-state index < -0.39 is 4.33 Å². The number of phenols is 2. The first-order chi connectivity index (χ1) is 5.99.